The first-order valence-electron chi connectivity index (χ1n) is 4.09. The van der Waals surface area contributed by atoms with E-state index >= 15 is 0 Å². The molecule has 1 aromatic heterocycles. The fourth-order valence-corrected chi connectivity index (χ4v) is 0.589. The highest BCUT2D eigenvalue weighted by molar-refractivity contribution is 5.22. The number of rotatable bonds is 2. The number of ether oxygens (including phenoxy) is 1. The average Bonchev–Trinajstić information content (AvgIpc) is 2.06. The van der Waals surface area contributed by atoms with Crippen molar-refractivity contribution in [3.8, 4) is 0 Å². The minimum Gasteiger partial charge on any atom is -0.383 e. The number of aromatic amines is 1. The summed E-state index contributed by atoms with van der Waals surface area (Å²) in [6.07, 6.45) is 1.45. The van der Waals surface area contributed by atoms with E-state index in [9.17, 15) is 4.79 Å². The van der Waals surface area contributed by atoms with Gasteiger partial charge < -0.3 is 15.5 Å². The zero-order chi connectivity index (χ0) is 10.1. The van der Waals surface area contributed by atoms with Crippen LogP contribution in [0.5, 0.6) is 0 Å². The number of anilines is 1. The van der Waals surface area contributed by atoms with Gasteiger partial charge >= 0.3 is 5.69 Å². The molecule has 0 aromatic carbocycles. The molecule has 0 fully saturated rings. The quantitative estimate of drug-likeness (QED) is 0.698. The van der Waals surface area contributed by atoms with Crippen LogP contribution in [-0.4, -0.2) is 23.2 Å². The Hall–Kier alpha value is -1.36. The Morgan fingerprint density at radius 3 is 2.38 bits per heavy atom. The van der Waals surface area contributed by atoms with E-state index in [4.69, 9.17) is 10.5 Å². The molecule has 3 N–H and O–H groups in total. The van der Waals surface area contributed by atoms with Gasteiger partial charge in [0.2, 0.25) is 0 Å². The predicted octanol–water partition coefficient (Wildman–Crippen LogP) is 0.395. The van der Waals surface area contributed by atoms with E-state index in [2.05, 4.69) is 9.97 Å². The van der Waals surface area contributed by atoms with Crippen LogP contribution < -0.4 is 11.4 Å². The highest BCUT2D eigenvalue weighted by atomic mass is 16.5. The molecule has 13 heavy (non-hydrogen) atoms. The van der Waals surface area contributed by atoms with Crippen molar-refractivity contribution < 1.29 is 4.74 Å². The van der Waals surface area contributed by atoms with Crippen LogP contribution in [0, 0.1) is 0 Å². The Morgan fingerprint density at radius 2 is 2.15 bits per heavy atom. The van der Waals surface area contributed by atoms with Gasteiger partial charge in [0, 0.05) is 19.4 Å². The highest BCUT2D eigenvalue weighted by Crippen LogP contribution is 1.82. The number of hydrogen-bond acceptors (Lipinski definition) is 4. The van der Waals surface area contributed by atoms with Gasteiger partial charge in [-0.15, -0.1) is 0 Å². The van der Waals surface area contributed by atoms with Gasteiger partial charge in [-0.3, -0.25) is 0 Å². The molecule has 0 amide bonds. The second kappa shape index (κ2) is 7.30. The maximum absolute atomic E-state index is 10.2. The second-order valence-electron chi connectivity index (χ2n) is 2.10. The van der Waals surface area contributed by atoms with Crippen molar-refractivity contribution in [2.75, 3.05) is 18.9 Å². The van der Waals surface area contributed by atoms with Crippen LogP contribution in [-0.2, 0) is 4.74 Å². The van der Waals surface area contributed by atoms with Crippen molar-refractivity contribution in [1.82, 2.24) is 9.97 Å². The molecule has 1 rings (SSSR count). The first kappa shape index (κ1) is 11.6. The number of nitrogens with one attached hydrogen (secondary N) is 1. The monoisotopic (exact) mass is 185 g/mol. The molecule has 0 spiro atoms. The number of nitrogen functional groups attached to an aromatic ring is 1. The lowest BCUT2D eigenvalue weighted by atomic mass is 10.6. The zero-order valence-electron chi connectivity index (χ0n) is 7.91. The summed E-state index contributed by atoms with van der Waals surface area (Å²) >= 11 is 0. The molecule has 0 unspecified atom stereocenters. The Labute approximate surface area is 77.0 Å². The predicted molar refractivity (Wildman–Crippen MR) is 51.4 cm³/mol. The number of H-pyrrole nitrogens is 1. The van der Waals surface area contributed by atoms with E-state index < -0.39 is 5.69 Å². The van der Waals surface area contributed by atoms with Crippen LogP contribution in [0.4, 0.5) is 5.82 Å². The van der Waals surface area contributed by atoms with Crippen molar-refractivity contribution in [2.45, 2.75) is 13.8 Å². The maximum Gasteiger partial charge on any atom is 0.346 e. The first-order chi connectivity index (χ1) is 6.20. The average molecular weight is 185 g/mol. The van der Waals surface area contributed by atoms with Crippen LogP contribution in [0.3, 0.4) is 0 Å². The fourth-order valence-electron chi connectivity index (χ4n) is 0.589. The third-order valence-electron chi connectivity index (χ3n) is 1.10. The van der Waals surface area contributed by atoms with Crippen molar-refractivity contribution >= 4 is 5.82 Å². The second-order valence-corrected chi connectivity index (χ2v) is 2.10. The molecule has 0 aliphatic heterocycles. The van der Waals surface area contributed by atoms with Gasteiger partial charge in [-0.2, -0.15) is 4.98 Å². The summed E-state index contributed by atoms with van der Waals surface area (Å²) in [5.74, 6) is 0.244. The molecule has 5 heteroatoms. The van der Waals surface area contributed by atoms with Gasteiger partial charge in [-0.05, 0) is 19.9 Å². The zero-order valence-corrected chi connectivity index (χ0v) is 7.91. The molecular weight excluding hydrogens is 170 g/mol. The van der Waals surface area contributed by atoms with Crippen molar-refractivity contribution in [3.63, 3.8) is 0 Å². The van der Waals surface area contributed by atoms with Gasteiger partial charge in [0.1, 0.15) is 5.82 Å². The molecule has 0 aliphatic rings. The smallest absolute Gasteiger partial charge is 0.346 e. The Bertz CT molecular complexity index is 270. The van der Waals surface area contributed by atoms with Crippen LogP contribution in [0.2, 0.25) is 0 Å². The van der Waals surface area contributed by atoms with E-state index in [1.54, 1.807) is 0 Å². The lowest BCUT2D eigenvalue weighted by Gasteiger charge is -1.86. The molecule has 1 aromatic rings. The third kappa shape index (κ3) is 7.02. The summed E-state index contributed by atoms with van der Waals surface area (Å²) in [5.41, 5.74) is 4.72. The minimum atomic E-state index is -0.412. The summed E-state index contributed by atoms with van der Waals surface area (Å²) < 4.78 is 4.83. The largest absolute Gasteiger partial charge is 0.383 e. The summed E-state index contributed by atoms with van der Waals surface area (Å²) in [4.78, 5) is 15.9. The molecule has 0 bridgehead atoms. The molecule has 0 radical (unpaired) electrons. The maximum atomic E-state index is 10.2. The summed E-state index contributed by atoms with van der Waals surface area (Å²) in [5, 5.41) is 0. The lowest BCUT2D eigenvalue weighted by molar-refractivity contribution is 0.162. The van der Waals surface area contributed by atoms with Gasteiger partial charge in [0.15, 0.2) is 0 Å². The van der Waals surface area contributed by atoms with Crippen molar-refractivity contribution in [1.29, 1.82) is 0 Å². The van der Waals surface area contributed by atoms with Crippen LogP contribution >= 0.6 is 0 Å². The third-order valence-corrected chi connectivity index (χ3v) is 1.10. The summed E-state index contributed by atoms with van der Waals surface area (Å²) in [6.45, 7) is 5.67. The standard InChI is InChI=1S/C4H5N3O.C4H10O/c5-3-1-2-6-4(8)7-3;1-3-5-4-2/h1-2H,(H3,5,6,7,8);3-4H2,1-2H3. The number of nitrogens with zero attached hydrogens (tertiary/aromatic N) is 1. The van der Waals surface area contributed by atoms with Crippen molar-refractivity contribution in [2.24, 2.45) is 0 Å². The van der Waals surface area contributed by atoms with Gasteiger partial charge in [-0.1, -0.05) is 0 Å². The topological polar surface area (TPSA) is 81.0 Å². The minimum absolute atomic E-state index is 0.244. The number of hydrogen-bond donors (Lipinski definition) is 2. The van der Waals surface area contributed by atoms with E-state index in [0.717, 1.165) is 13.2 Å². The first-order valence-corrected chi connectivity index (χ1v) is 4.09. The molecule has 0 saturated heterocycles. The van der Waals surface area contributed by atoms with E-state index in [1.807, 2.05) is 13.8 Å². The molecule has 1 heterocycles. The molecule has 5 nitrogen and oxygen atoms in total. The van der Waals surface area contributed by atoms with Gasteiger partial charge in [0.05, 0.1) is 0 Å². The fraction of sp³-hybridized carbons (Fsp3) is 0.500. The van der Waals surface area contributed by atoms with E-state index in [1.165, 1.54) is 12.3 Å². The van der Waals surface area contributed by atoms with Crippen LogP contribution in [0.25, 0.3) is 0 Å². The van der Waals surface area contributed by atoms with Crippen LogP contribution in [0.15, 0.2) is 17.1 Å². The Morgan fingerprint density at radius 1 is 1.54 bits per heavy atom. The SMILES string of the molecule is CCOCC.Nc1cc[nH]c(=O)n1. The molecule has 74 valence electrons. The number of nitrogens with two attached hydrogens (primary N) is 1. The summed E-state index contributed by atoms with van der Waals surface area (Å²) in [7, 11) is 0. The molecule has 0 saturated carbocycles. The normalized spacial score (nSPS) is 8.77. The van der Waals surface area contributed by atoms with E-state index in [0.29, 0.717) is 0 Å². The molecule has 0 atom stereocenters. The molecule has 0 aliphatic carbocycles. The van der Waals surface area contributed by atoms with Crippen molar-refractivity contribution in [3.05, 3.63) is 22.7 Å². The van der Waals surface area contributed by atoms with Gasteiger partial charge in [-0.25, -0.2) is 4.79 Å². The number of aromatic nitrogens is 2. The lowest BCUT2D eigenvalue weighted by Crippen LogP contribution is -2.10. The Kier molecular flexibility index (Phi) is 6.53. The highest BCUT2D eigenvalue weighted by Gasteiger charge is 1.81. The molecular formula is C8H15N3O2. The van der Waals surface area contributed by atoms with E-state index in [-0.39, 0.29) is 5.82 Å². The van der Waals surface area contributed by atoms with Gasteiger partial charge in [0.25, 0.3) is 0 Å². The summed E-state index contributed by atoms with van der Waals surface area (Å²) in [6, 6.07) is 1.52. The Balaban J connectivity index is 0.000000252. The van der Waals surface area contributed by atoms with Crippen LogP contribution in [0.1, 0.15) is 13.8 Å².